The van der Waals surface area contributed by atoms with Crippen LogP contribution in [0.1, 0.15) is 57.1 Å². The molecule has 6 nitrogen and oxygen atoms in total. The van der Waals surface area contributed by atoms with E-state index in [9.17, 15) is 9.59 Å². The van der Waals surface area contributed by atoms with E-state index in [4.69, 9.17) is 5.21 Å². The van der Waals surface area contributed by atoms with Gasteiger partial charge in [-0.15, -0.1) is 0 Å². The van der Waals surface area contributed by atoms with Crippen LogP contribution in [-0.2, 0) is 19.0 Å². The molecular weight excluding hydrogens is 330 g/mol. The van der Waals surface area contributed by atoms with E-state index in [2.05, 4.69) is 13.8 Å². The summed E-state index contributed by atoms with van der Waals surface area (Å²) in [5, 5.41) is 8.86. The highest BCUT2D eigenvalue weighted by Crippen LogP contribution is 2.35. The van der Waals surface area contributed by atoms with Crippen LogP contribution in [0.4, 0.5) is 0 Å². The number of rotatable bonds is 2. The molecule has 0 unspecified atom stereocenters. The van der Waals surface area contributed by atoms with Gasteiger partial charge in [-0.05, 0) is 48.7 Å². The number of nitrogens with one attached hydrogen (secondary N) is 1. The number of benzene rings is 1. The standard InChI is InChI=1S/C20H25N3O3/c1-12-8-17(22(5)13(12)2)19(25)23-10-15-7-6-14(18(24)21-26)9-16(15)20(3,4)11-23/h6-9,26H,10-11H2,1-5H3,(H,21,24). The summed E-state index contributed by atoms with van der Waals surface area (Å²) in [4.78, 5) is 26.7. The number of hydrogen-bond donors (Lipinski definition) is 2. The van der Waals surface area contributed by atoms with Crippen molar-refractivity contribution < 1.29 is 14.8 Å². The lowest BCUT2D eigenvalue weighted by atomic mass is 9.77. The maximum atomic E-state index is 13.1. The third kappa shape index (κ3) is 2.90. The highest BCUT2D eigenvalue weighted by Gasteiger charge is 2.35. The van der Waals surface area contributed by atoms with Gasteiger partial charge in [0.25, 0.3) is 11.8 Å². The number of nitrogens with zero attached hydrogens (tertiary/aromatic N) is 2. The highest BCUT2D eigenvalue weighted by atomic mass is 16.5. The number of aryl methyl sites for hydroxylation is 1. The molecule has 2 aromatic rings. The molecule has 0 saturated heterocycles. The van der Waals surface area contributed by atoms with Crippen molar-refractivity contribution >= 4 is 11.8 Å². The maximum Gasteiger partial charge on any atom is 0.274 e. The van der Waals surface area contributed by atoms with Crippen molar-refractivity contribution in [2.45, 2.75) is 39.7 Å². The normalized spacial score (nSPS) is 15.5. The molecular formula is C20H25N3O3. The fourth-order valence-electron chi connectivity index (χ4n) is 3.74. The topological polar surface area (TPSA) is 74.6 Å². The summed E-state index contributed by atoms with van der Waals surface area (Å²) >= 11 is 0. The minimum Gasteiger partial charge on any atom is -0.344 e. The largest absolute Gasteiger partial charge is 0.344 e. The molecule has 0 saturated carbocycles. The summed E-state index contributed by atoms with van der Waals surface area (Å²) in [7, 11) is 1.92. The van der Waals surface area contributed by atoms with E-state index in [1.165, 1.54) is 0 Å². The van der Waals surface area contributed by atoms with Crippen LogP contribution in [0.5, 0.6) is 0 Å². The van der Waals surface area contributed by atoms with Gasteiger partial charge in [-0.2, -0.15) is 0 Å². The molecule has 26 heavy (non-hydrogen) atoms. The third-order valence-corrected chi connectivity index (χ3v) is 5.44. The Morgan fingerprint density at radius 3 is 2.46 bits per heavy atom. The molecule has 3 rings (SSSR count). The molecule has 2 heterocycles. The van der Waals surface area contributed by atoms with Crippen molar-refractivity contribution in [3.8, 4) is 0 Å². The summed E-state index contributed by atoms with van der Waals surface area (Å²) < 4.78 is 1.94. The van der Waals surface area contributed by atoms with Gasteiger partial charge in [-0.3, -0.25) is 14.8 Å². The number of aromatic nitrogens is 1. The molecule has 2 amide bonds. The molecule has 1 aliphatic rings. The molecule has 0 atom stereocenters. The van der Waals surface area contributed by atoms with Gasteiger partial charge in [0.15, 0.2) is 0 Å². The van der Waals surface area contributed by atoms with E-state index in [-0.39, 0.29) is 11.3 Å². The first-order chi connectivity index (χ1) is 12.2. The monoisotopic (exact) mass is 355 g/mol. The molecule has 0 fully saturated rings. The van der Waals surface area contributed by atoms with Gasteiger partial charge in [0.1, 0.15) is 5.69 Å². The number of hydrogen-bond acceptors (Lipinski definition) is 3. The maximum absolute atomic E-state index is 13.1. The summed E-state index contributed by atoms with van der Waals surface area (Å²) in [5.41, 5.74) is 6.71. The second-order valence-corrected chi connectivity index (χ2v) is 7.71. The van der Waals surface area contributed by atoms with Crippen molar-refractivity contribution in [1.29, 1.82) is 0 Å². The van der Waals surface area contributed by atoms with Gasteiger partial charge < -0.3 is 9.47 Å². The molecule has 0 radical (unpaired) electrons. The Hall–Kier alpha value is -2.60. The zero-order valence-corrected chi connectivity index (χ0v) is 15.9. The van der Waals surface area contributed by atoms with Crippen LogP contribution in [-0.4, -0.2) is 33.0 Å². The number of carbonyl (C=O) groups excluding carboxylic acids is 2. The summed E-state index contributed by atoms with van der Waals surface area (Å²) in [6, 6.07) is 7.28. The van der Waals surface area contributed by atoms with Crippen LogP contribution in [0.15, 0.2) is 24.3 Å². The second kappa shape index (κ2) is 6.29. The first kappa shape index (κ1) is 18.2. The van der Waals surface area contributed by atoms with Gasteiger partial charge in [0.2, 0.25) is 0 Å². The molecule has 138 valence electrons. The molecule has 0 spiro atoms. The molecule has 0 aliphatic carbocycles. The van der Waals surface area contributed by atoms with Crippen LogP contribution in [0.25, 0.3) is 0 Å². The van der Waals surface area contributed by atoms with E-state index >= 15 is 0 Å². The lowest BCUT2D eigenvalue weighted by Gasteiger charge is -2.40. The highest BCUT2D eigenvalue weighted by molar-refractivity contribution is 5.94. The number of amides is 2. The third-order valence-electron chi connectivity index (χ3n) is 5.44. The van der Waals surface area contributed by atoms with E-state index in [0.29, 0.717) is 24.3 Å². The Kier molecular flexibility index (Phi) is 4.40. The van der Waals surface area contributed by atoms with Crippen LogP contribution in [0.3, 0.4) is 0 Å². The minimum atomic E-state index is -0.531. The predicted octanol–water partition coefficient (Wildman–Crippen LogP) is 2.69. The first-order valence-corrected chi connectivity index (χ1v) is 8.65. The first-order valence-electron chi connectivity index (χ1n) is 8.65. The Bertz CT molecular complexity index is 896. The summed E-state index contributed by atoms with van der Waals surface area (Å²) in [6.45, 7) is 9.21. The van der Waals surface area contributed by atoms with Crippen molar-refractivity contribution in [1.82, 2.24) is 14.9 Å². The van der Waals surface area contributed by atoms with Crippen molar-refractivity contribution in [3.63, 3.8) is 0 Å². The van der Waals surface area contributed by atoms with Crippen LogP contribution in [0.2, 0.25) is 0 Å². The lowest BCUT2D eigenvalue weighted by molar-refractivity contribution is 0.0671. The average Bonchev–Trinajstić information content (AvgIpc) is 2.87. The van der Waals surface area contributed by atoms with E-state index in [1.807, 2.05) is 42.5 Å². The van der Waals surface area contributed by atoms with Crippen molar-refractivity contribution in [2.75, 3.05) is 6.54 Å². The predicted molar refractivity (Wildman–Crippen MR) is 98.3 cm³/mol. The lowest BCUT2D eigenvalue weighted by Crippen LogP contribution is -2.45. The molecule has 0 bridgehead atoms. The van der Waals surface area contributed by atoms with E-state index in [0.717, 1.165) is 22.4 Å². The zero-order valence-electron chi connectivity index (χ0n) is 15.9. The van der Waals surface area contributed by atoms with Gasteiger partial charge in [-0.25, -0.2) is 5.48 Å². The second-order valence-electron chi connectivity index (χ2n) is 7.71. The van der Waals surface area contributed by atoms with Gasteiger partial charge >= 0.3 is 0 Å². The fourth-order valence-corrected chi connectivity index (χ4v) is 3.74. The Morgan fingerprint density at radius 2 is 1.88 bits per heavy atom. The Balaban J connectivity index is 1.96. The number of carbonyl (C=O) groups is 2. The molecule has 6 heteroatoms. The Morgan fingerprint density at radius 1 is 1.19 bits per heavy atom. The summed E-state index contributed by atoms with van der Waals surface area (Å²) in [5.74, 6) is -0.517. The van der Waals surface area contributed by atoms with Crippen LogP contribution >= 0.6 is 0 Å². The molecule has 1 aromatic heterocycles. The number of hydroxylamine groups is 1. The number of fused-ring (bicyclic) bond motifs is 1. The van der Waals surface area contributed by atoms with E-state index in [1.54, 1.807) is 17.6 Å². The molecule has 1 aliphatic heterocycles. The SMILES string of the molecule is Cc1cc(C(=O)N2Cc3ccc(C(=O)NO)cc3C(C)(C)C2)n(C)c1C. The smallest absolute Gasteiger partial charge is 0.274 e. The quantitative estimate of drug-likeness (QED) is 0.642. The van der Waals surface area contributed by atoms with Gasteiger partial charge in [0.05, 0.1) is 0 Å². The van der Waals surface area contributed by atoms with Crippen molar-refractivity contribution in [2.24, 2.45) is 7.05 Å². The minimum absolute atomic E-state index is 0.0135. The van der Waals surface area contributed by atoms with E-state index < -0.39 is 5.91 Å². The fraction of sp³-hybridized carbons (Fsp3) is 0.400. The molecule has 2 N–H and O–H groups in total. The van der Waals surface area contributed by atoms with Crippen LogP contribution in [0, 0.1) is 13.8 Å². The van der Waals surface area contributed by atoms with Crippen LogP contribution < -0.4 is 5.48 Å². The van der Waals surface area contributed by atoms with Gasteiger partial charge in [0, 0.05) is 36.8 Å². The molecule has 1 aromatic carbocycles. The van der Waals surface area contributed by atoms with Crippen molar-refractivity contribution in [3.05, 3.63) is 57.9 Å². The average molecular weight is 355 g/mol. The summed E-state index contributed by atoms with van der Waals surface area (Å²) in [6.07, 6.45) is 0. The van der Waals surface area contributed by atoms with Gasteiger partial charge in [-0.1, -0.05) is 19.9 Å². The zero-order chi connectivity index (χ0) is 19.2. The Labute approximate surface area is 153 Å².